The van der Waals surface area contributed by atoms with Gasteiger partial charge < -0.3 is 35.3 Å². The van der Waals surface area contributed by atoms with E-state index in [2.05, 4.69) is 26.6 Å². The fraction of sp³-hybridized carbons (Fsp3) is 0.857. The Labute approximate surface area is 351 Å². The minimum absolute atomic E-state index is 0.00765. The van der Waals surface area contributed by atoms with Gasteiger partial charge in [-0.3, -0.25) is 34.6 Å². The lowest BCUT2D eigenvalue weighted by molar-refractivity contribution is -0.138. The van der Waals surface area contributed by atoms with Crippen molar-refractivity contribution in [1.82, 2.24) is 26.6 Å². The molecule has 7 N–H and O–H groups in total. The summed E-state index contributed by atoms with van der Waals surface area (Å²) in [7, 11) is 0.957. The van der Waals surface area contributed by atoms with E-state index in [0.717, 1.165) is 0 Å². The first-order chi connectivity index (χ1) is 26.4. The van der Waals surface area contributed by atoms with Crippen LogP contribution < -0.4 is 32.3 Å². The Morgan fingerprint density at radius 3 is 1.67 bits per heavy atom. The van der Waals surface area contributed by atoms with Crippen LogP contribution >= 0.6 is 0 Å². The Balaban J connectivity index is 6.25. The molecule has 15 nitrogen and oxygen atoms in total. The fourth-order valence-corrected chi connectivity index (χ4v) is 8.08. The molecule has 0 aliphatic carbocycles. The first kappa shape index (κ1) is 55.2. The van der Waals surface area contributed by atoms with Crippen molar-refractivity contribution in [3.8, 4) is 0 Å². The summed E-state index contributed by atoms with van der Waals surface area (Å²) in [5.74, 6) is -2.44. The van der Waals surface area contributed by atoms with E-state index < -0.39 is 78.9 Å². The number of hydrogen-bond donors (Lipinski definition) is 6. The van der Waals surface area contributed by atoms with Gasteiger partial charge in [-0.25, -0.2) is 4.79 Å². The van der Waals surface area contributed by atoms with E-state index in [4.69, 9.17) is 19.3 Å². The molecule has 16 heteroatoms. The molecule has 0 spiro atoms. The quantitative estimate of drug-likeness (QED) is 0.0371. The molecule has 0 heterocycles. The summed E-state index contributed by atoms with van der Waals surface area (Å²) in [4.78, 5) is 81.7. The van der Waals surface area contributed by atoms with E-state index in [0.29, 0.717) is 31.9 Å². The summed E-state index contributed by atoms with van der Waals surface area (Å²) >= 11 is 0. The molecule has 0 aliphatic heterocycles. The van der Waals surface area contributed by atoms with E-state index in [1.54, 1.807) is 55.8 Å². The highest BCUT2D eigenvalue weighted by atomic mass is 28.4. The van der Waals surface area contributed by atoms with Crippen LogP contribution in [0.15, 0.2) is 0 Å². The second kappa shape index (κ2) is 24.5. The van der Waals surface area contributed by atoms with Crippen LogP contribution in [0.25, 0.3) is 0 Å². The molecule has 338 valence electrons. The normalized spacial score (nSPS) is 15.8. The second-order valence-corrected chi connectivity index (χ2v) is 22.9. The van der Waals surface area contributed by atoms with Crippen LogP contribution in [-0.4, -0.2) is 106 Å². The summed E-state index contributed by atoms with van der Waals surface area (Å²) in [6, 6.07) is -2.64. The van der Waals surface area contributed by atoms with Crippen molar-refractivity contribution in [3.05, 3.63) is 0 Å². The number of nitrogens with two attached hydrogens (primary N) is 1. The minimum Gasteiger partial charge on any atom is -0.444 e. The monoisotopic (exact) mass is 843 g/mol. The van der Waals surface area contributed by atoms with Gasteiger partial charge in [0.2, 0.25) is 11.8 Å². The molecule has 5 atom stereocenters. The Hall–Kier alpha value is -2.76. The zero-order chi connectivity index (χ0) is 45.4. The van der Waals surface area contributed by atoms with Crippen LogP contribution in [0.1, 0.15) is 135 Å². The number of ether oxygens (including phenoxy) is 1. The molecule has 0 aromatic carbocycles. The van der Waals surface area contributed by atoms with Crippen LogP contribution in [0.2, 0.25) is 12.6 Å². The SMILES string of the molecule is CO[Si](C)(CCCNC(=O)C(C)(C)N[C@@H](CC(C)C)C(=O)[C@](N)(CC(C)C)C(=O)CC(C)N[C@@H](CC(C)C)C(=O)N[C@@H](CC(C)C)C(=O)NC(=O)OC(C)(C)C)OC. The molecule has 0 fully saturated rings. The number of carbonyl (C=O) groups is 6. The topological polar surface area (TPSA) is 216 Å². The molecule has 0 aliphatic rings. The lowest BCUT2D eigenvalue weighted by Crippen LogP contribution is -2.66. The van der Waals surface area contributed by atoms with Gasteiger partial charge in [-0.15, -0.1) is 0 Å². The Bertz CT molecular complexity index is 1350. The summed E-state index contributed by atoms with van der Waals surface area (Å²) in [5.41, 5.74) is 3.04. The number of nitrogens with one attached hydrogen (secondary N) is 5. The maximum atomic E-state index is 14.6. The van der Waals surface area contributed by atoms with E-state index >= 15 is 0 Å². The number of imide groups is 1. The number of rotatable bonds is 27. The highest BCUT2D eigenvalue weighted by Crippen LogP contribution is 2.25. The molecule has 0 aromatic heterocycles. The van der Waals surface area contributed by atoms with Crippen LogP contribution in [-0.2, 0) is 37.6 Å². The van der Waals surface area contributed by atoms with Crippen LogP contribution in [0.4, 0.5) is 4.79 Å². The first-order valence-corrected chi connectivity index (χ1v) is 23.6. The Morgan fingerprint density at radius 1 is 0.707 bits per heavy atom. The van der Waals surface area contributed by atoms with Gasteiger partial charge in [0.15, 0.2) is 11.6 Å². The summed E-state index contributed by atoms with van der Waals surface area (Å²) < 4.78 is 16.3. The van der Waals surface area contributed by atoms with Crippen molar-refractivity contribution >= 4 is 43.9 Å². The van der Waals surface area contributed by atoms with E-state index in [1.165, 1.54) is 0 Å². The number of carbonyl (C=O) groups excluding carboxylic acids is 6. The standard InChI is InChI=1S/C42H82N6O9Si/c1-26(2)21-31(48-41(13,14)38(53)44-19-18-20-58(17,55-15)56-16)35(50)42(43,25-29(7)8)34(49)24-30(9)45-32(22-27(3)4)36(51)46-33(23-28(5)6)37(52)47-39(54)57-40(10,11)12/h26-33,45,48H,18-25,43H2,1-17H3,(H,44,53)(H,46,51)(H,47,52,54)/t30?,31-,32-,33-,42-/m0/s1. The average Bonchev–Trinajstić information content (AvgIpc) is 3.06. The number of ketones is 2. The molecule has 0 aromatic rings. The Morgan fingerprint density at radius 2 is 1.21 bits per heavy atom. The van der Waals surface area contributed by atoms with Gasteiger partial charge in [0.05, 0.1) is 17.6 Å². The predicted octanol–water partition coefficient (Wildman–Crippen LogP) is 4.89. The lowest BCUT2D eigenvalue weighted by Gasteiger charge is -2.37. The van der Waals surface area contributed by atoms with Crippen LogP contribution in [0, 0.1) is 23.7 Å². The van der Waals surface area contributed by atoms with Crippen molar-refractivity contribution < 1.29 is 42.4 Å². The zero-order valence-electron chi connectivity index (χ0n) is 39.0. The summed E-state index contributed by atoms with van der Waals surface area (Å²) in [6.45, 7) is 28.0. The third kappa shape index (κ3) is 20.5. The van der Waals surface area contributed by atoms with Gasteiger partial charge in [0.25, 0.3) is 5.91 Å². The maximum Gasteiger partial charge on any atom is 0.414 e. The summed E-state index contributed by atoms with van der Waals surface area (Å²) in [5, 5.41) is 14.5. The van der Waals surface area contributed by atoms with Gasteiger partial charge in [0, 0.05) is 33.2 Å². The average molecular weight is 843 g/mol. The molecule has 0 saturated heterocycles. The van der Waals surface area contributed by atoms with Gasteiger partial charge in [-0.2, -0.15) is 0 Å². The largest absolute Gasteiger partial charge is 0.444 e. The molecular weight excluding hydrogens is 761 g/mol. The summed E-state index contributed by atoms with van der Waals surface area (Å²) in [6.07, 6.45) is 0.662. The third-order valence-electron chi connectivity index (χ3n) is 9.72. The second-order valence-electron chi connectivity index (χ2n) is 19.3. The minimum atomic E-state index is -2.29. The van der Waals surface area contributed by atoms with E-state index in [9.17, 15) is 28.8 Å². The predicted molar refractivity (Wildman–Crippen MR) is 231 cm³/mol. The molecule has 4 amide bonds. The van der Waals surface area contributed by atoms with Gasteiger partial charge >= 0.3 is 14.7 Å². The highest BCUT2D eigenvalue weighted by molar-refractivity contribution is 6.65. The van der Waals surface area contributed by atoms with Gasteiger partial charge in [0.1, 0.15) is 17.2 Å². The smallest absolute Gasteiger partial charge is 0.414 e. The molecular formula is C42H82N6O9Si. The molecule has 1 unspecified atom stereocenters. The van der Waals surface area contributed by atoms with Crippen LogP contribution in [0.3, 0.4) is 0 Å². The van der Waals surface area contributed by atoms with Crippen molar-refractivity contribution in [2.24, 2.45) is 29.4 Å². The van der Waals surface area contributed by atoms with Gasteiger partial charge in [-0.05, 0) is 110 Å². The Kier molecular flexibility index (Phi) is 23.3. The number of hydrogen-bond acceptors (Lipinski definition) is 12. The third-order valence-corrected chi connectivity index (χ3v) is 12.7. The van der Waals surface area contributed by atoms with Crippen molar-refractivity contribution in [2.45, 2.75) is 189 Å². The molecule has 0 rings (SSSR count). The number of amides is 4. The van der Waals surface area contributed by atoms with Gasteiger partial charge in [-0.1, -0.05) is 55.4 Å². The fourth-order valence-electron chi connectivity index (χ4n) is 6.68. The van der Waals surface area contributed by atoms with Crippen molar-refractivity contribution in [3.63, 3.8) is 0 Å². The number of Topliss-reactive ketones (excluding diaryl/α,β-unsaturated/α-hetero) is 2. The zero-order valence-corrected chi connectivity index (χ0v) is 40.0. The first-order valence-electron chi connectivity index (χ1n) is 21.0. The maximum absolute atomic E-state index is 14.6. The molecule has 0 saturated carbocycles. The lowest BCUT2D eigenvalue weighted by atomic mass is 9.76. The van der Waals surface area contributed by atoms with Crippen molar-refractivity contribution in [1.29, 1.82) is 0 Å². The van der Waals surface area contributed by atoms with E-state index in [1.807, 2.05) is 61.9 Å². The molecule has 0 bridgehead atoms. The highest BCUT2D eigenvalue weighted by Gasteiger charge is 2.47. The number of alkyl carbamates (subject to hydrolysis) is 1. The molecule has 58 heavy (non-hydrogen) atoms. The van der Waals surface area contributed by atoms with E-state index in [-0.39, 0.29) is 48.8 Å². The molecule has 0 radical (unpaired) electrons. The van der Waals surface area contributed by atoms with Crippen LogP contribution in [0.5, 0.6) is 0 Å². The van der Waals surface area contributed by atoms with Crippen molar-refractivity contribution in [2.75, 3.05) is 20.8 Å².